The highest BCUT2D eigenvalue weighted by Crippen LogP contribution is 2.33. The molecule has 1 aliphatic rings. The summed E-state index contributed by atoms with van der Waals surface area (Å²) in [6.07, 6.45) is 6.13. The van der Waals surface area contributed by atoms with Crippen LogP contribution in [0.2, 0.25) is 0 Å². The first kappa shape index (κ1) is 15.8. The average Bonchev–Trinajstić information content (AvgIpc) is 2.82. The molecule has 2 heteroatoms. The summed E-state index contributed by atoms with van der Waals surface area (Å²) >= 11 is 0. The van der Waals surface area contributed by atoms with Crippen LogP contribution in [0.25, 0.3) is 5.57 Å². The zero-order valence-electron chi connectivity index (χ0n) is 13.4. The van der Waals surface area contributed by atoms with Gasteiger partial charge in [-0.15, -0.1) is 0 Å². The summed E-state index contributed by atoms with van der Waals surface area (Å²) in [6, 6.07) is 8.67. The Kier molecular flexibility index (Phi) is 5.60. The third-order valence-corrected chi connectivity index (χ3v) is 4.13. The summed E-state index contributed by atoms with van der Waals surface area (Å²) in [5.41, 5.74) is 4.34. The molecule has 114 valence electrons. The first-order valence-electron chi connectivity index (χ1n) is 8.03. The predicted octanol–water partition coefficient (Wildman–Crippen LogP) is 4.63. The van der Waals surface area contributed by atoms with Crippen molar-refractivity contribution in [2.24, 2.45) is 11.8 Å². The third kappa shape index (κ3) is 4.45. The number of ether oxygens (including phenoxy) is 1. The van der Waals surface area contributed by atoms with Crippen molar-refractivity contribution < 1.29 is 9.53 Å². The normalized spacial score (nSPS) is 16.0. The van der Waals surface area contributed by atoms with Crippen LogP contribution in [-0.2, 0) is 16.0 Å². The second-order valence-corrected chi connectivity index (χ2v) is 6.25. The van der Waals surface area contributed by atoms with E-state index in [4.69, 9.17) is 4.74 Å². The summed E-state index contributed by atoms with van der Waals surface area (Å²) in [4.78, 5) is 11.5. The van der Waals surface area contributed by atoms with E-state index in [1.54, 1.807) is 0 Å². The molecular weight excluding hydrogens is 260 g/mol. The molecule has 0 heterocycles. The Labute approximate surface area is 128 Å². The Morgan fingerprint density at radius 1 is 1.24 bits per heavy atom. The van der Waals surface area contributed by atoms with Crippen LogP contribution in [0, 0.1) is 11.8 Å². The van der Waals surface area contributed by atoms with Gasteiger partial charge in [0.15, 0.2) is 0 Å². The van der Waals surface area contributed by atoms with Crippen LogP contribution in [0.3, 0.4) is 0 Å². The monoisotopic (exact) mass is 286 g/mol. The smallest absolute Gasteiger partial charge is 0.306 e. The van der Waals surface area contributed by atoms with E-state index in [2.05, 4.69) is 44.2 Å². The first-order valence-corrected chi connectivity index (χ1v) is 8.03. The largest absolute Gasteiger partial charge is 0.466 e. The standard InChI is InChI=1S/C19H26O2/c1-4-21-19(20)13-15(3)11-14(2)12-17-10-9-16-7-5-6-8-18(16)17/h5-8,10,14-15H,4,9,11-13H2,1-3H3/t14-,15?/m0/s1. The second kappa shape index (κ2) is 7.44. The maximum Gasteiger partial charge on any atom is 0.306 e. The van der Waals surface area contributed by atoms with Crippen LogP contribution in [0.4, 0.5) is 0 Å². The van der Waals surface area contributed by atoms with Gasteiger partial charge in [-0.05, 0) is 54.7 Å². The minimum atomic E-state index is -0.0670. The molecule has 0 fully saturated rings. The van der Waals surface area contributed by atoms with E-state index in [-0.39, 0.29) is 5.97 Å². The molecule has 0 amide bonds. The molecular formula is C19H26O2. The zero-order chi connectivity index (χ0) is 15.2. The Hall–Kier alpha value is -1.57. The molecule has 0 saturated carbocycles. The lowest BCUT2D eigenvalue weighted by Crippen LogP contribution is -2.12. The predicted molar refractivity (Wildman–Crippen MR) is 86.9 cm³/mol. The highest BCUT2D eigenvalue weighted by atomic mass is 16.5. The minimum Gasteiger partial charge on any atom is -0.466 e. The number of hydrogen-bond donors (Lipinski definition) is 0. The molecule has 0 aromatic heterocycles. The van der Waals surface area contributed by atoms with Crippen LogP contribution in [0.5, 0.6) is 0 Å². The molecule has 0 radical (unpaired) electrons. The molecule has 2 atom stereocenters. The molecule has 1 aromatic rings. The summed E-state index contributed by atoms with van der Waals surface area (Å²) < 4.78 is 5.02. The Bertz CT molecular complexity index is 516. The Balaban J connectivity index is 1.83. The summed E-state index contributed by atoms with van der Waals surface area (Å²) in [5.74, 6) is 0.908. The van der Waals surface area contributed by atoms with Crippen LogP contribution < -0.4 is 0 Å². The molecule has 0 bridgehead atoms. The van der Waals surface area contributed by atoms with Crippen molar-refractivity contribution in [3.63, 3.8) is 0 Å². The van der Waals surface area contributed by atoms with Crippen LogP contribution >= 0.6 is 0 Å². The molecule has 0 saturated heterocycles. The second-order valence-electron chi connectivity index (χ2n) is 6.25. The van der Waals surface area contributed by atoms with E-state index < -0.39 is 0 Å². The number of allylic oxidation sites excluding steroid dienone is 2. The SMILES string of the molecule is CCOC(=O)CC(C)C[C@H](C)CC1=CCc2ccccc21. The molecule has 2 nitrogen and oxygen atoms in total. The molecule has 21 heavy (non-hydrogen) atoms. The van der Waals surface area contributed by atoms with Gasteiger partial charge in [0.05, 0.1) is 6.61 Å². The highest BCUT2D eigenvalue weighted by Gasteiger charge is 2.18. The fourth-order valence-corrected chi connectivity index (χ4v) is 3.28. The molecule has 0 aliphatic heterocycles. The van der Waals surface area contributed by atoms with Crippen LogP contribution in [0.15, 0.2) is 30.3 Å². The van der Waals surface area contributed by atoms with Gasteiger partial charge in [0.2, 0.25) is 0 Å². The van der Waals surface area contributed by atoms with Crippen LogP contribution in [0.1, 0.15) is 51.2 Å². The quantitative estimate of drug-likeness (QED) is 0.683. The number of carbonyl (C=O) groups is 1. The molecule has 0 spiro atoms. The maximum absolute atomic E-state index is 11.5. The van der Waals surface area contributed by atoms with E-state index in [1.165, 1.54) is 16.7 Å². The maximum atomic E-state index is 11.5. The number of fused-ring (bicyclic) bond motifs is 1. The third-order valence-electron chi connectivity index (χ3n) is 4.13. The van der Waals surface area contributed by atoms with Gasteiger partial charge in [0, 0.05) is 6.42 Å². The molecule has 1 unspecified atom stereocenters. The highest BCUT2D eigenvalue weighted by molar-refractivity contribution is 5.73. The lowest BCUT2D eigenvalue weighted by molar-refractivity contribution is -0.144. The van der Waals surface area contributed by atoms with Gasteiger partial charge < -0.3 is 4.74 Å². The van der Waals surface area contributed by atoms with Gasteiger partial charge in [-0.25, -0.2) is 0 Å². The van der Waals surface area contributed by atoms with Crippen LogP contribution in [-0.4, -0.2) is 12.6 Å². The number of carbonyl (C=O) groups excluding carboxylic acids is 1. The van der Waals surface area contributed by atoms with Gasteiger partial charge in [-0.2, -0.15) is 0 Å². The number of benzene rings is 1. The molecule has 1 aromatic carbocycles. The topological polar surface area (TPSA) is 26.3 Å². The summed E-state index contributed by atoms with van der Waals surface area (Å²) in [7, 11) is 0. The van der Waals surface area contributed by atoms with Crippen molar-refractivity contribution in [1.82, 2.24) is 0 Å². The van der Waals surface area contributed by atoms with Crippen molar-refractivity contribution in [3.8, 4) is 0 Å². The lowest BCUT2D eigenvalue weighted by Gasteiger charge is -2.17. The summed E-state index contributed by atoms with van der Waals surface area (Å²) in [5, 5.41) is 0. The summed E-state index contributed by atoms with van der Waals surface area (Å²) in [6.45, 7) is 6.76. The van der Waals surface area contributed by atoms with Crippen molar-refractivity contribution in [1.29, 1.82) is 0 Å². The molecule has 0 N–H and O–H groups in total. The van der Waals surface area contributed by atoms with Gasteiger partial charge in [0.25, 0.3) is 0 Å². The average molecular weight is 286 g/mol. The van der Waals surface area contributed by atoms with E-state index in [0.717, 1.165) is 19.3 Å². The van der Waals surface area contributed by atoms with E-state index >= 15 is 0 Å². The van der Waals surface area contributed by atoms with Crippen molar-refractivity contribution in [3.05, 3.63) is 41.5 Å². The van der Waals surface area contributed by atoms with Gasteiger partial charge in [-0.3, -0.25) is 4.79 Å². The number of rotatable bonds is 7. The Morgan fingerprint density at radius 2 is 2.00 bits per heavy atom. The van der Waals surface area contributed by atoms with E-state index in [1.807, 2.05) is 6.92 Å². The van der Waals surface area contributed by atoms with Gasteiger partial charge >= 0.3 is 5.97 Å². The van der Waals surface area contributed by atoms with Crippen molar-refractivity contribution in [2.45, 2.75) is 46.5 Å². The molecule has 1 aliphatic carbocycles. The van der Waals surface area contributed by atoms with E-state index in [9.17, 15) is 4.79 Å². The number of esters is 1. The minimum absolute atomic E-state index is 0.0670. The van der Waals surface area contributed by atoms with E-state index in [0.29, 0.717) is 24.9 Å². The zero-order valence-corrected chi connectivity index (χ0v) is 13.4. The lowest BCUT2D eigenvalue weighted by atomic mass is 9.88. The Morgan fingerprint density at radius 3 is 2.76 bits per heavy atom. The van der Waals surface area contributed by atoms with Crippen molar-refractivity contribution >= 4 is 11.5 Å². The first-order chi connectivity index (χ1) is 10.1. The number of hydrogen-bond acceptors (Lipinski definition) is 2. The van der Waals surface area contributed by atoms with Gasteiger partial charge in [-0.1, -0.05) is 44.2 Å². The van der Waals surface area contributed by atoms with Gasteiger partial charge in [0.1, 0.15) is 0 Å². The van der Waals surface area contributed by atoms with Crippen molar-refractivity contribution in [2.75, 3.05) is 6.61 Å². The fourth-order valence-electron chi connectivity index (χ4n) is 3.28. The fraction of sp³-hybridized carbons (Fsp3) is 0.526. The molecule has 2 rings (SSSR count).